The highest BCUT2D eigenvalue weighted by Crippen LogP contribution is 2.46. The third-order valence-corrected chi connectivity index (χ3v) is 7.24. The Labute approximate surface area is 188 Å². The van der Waals surface area contributed by atoms with Gasteiger partial charge in [0.05, 0.1) is 31.6 Å². The van der Waals surface area contributed by atoms with Gasteiger partial charge in [0.1, 0.15) is 0 Å². The molecule has 1 saturated carbocycles. The molecule has 0 bridgehead atoms. The molecule has 1 unspecified atom stereocenters. The van der Waals surface area contributed by atoms with E-state index >= 15 is 0 Å². The van der Waals surface area contributed by atoms with Crippen LogP contribution in [0, 0.1) is 5.41 Å². The first-order chi connectivity index (χ1) is 15.1. The molecule has 1 aromatic rings. The van der Waals surface area contributed by atoms with Crippen molar-refractivity contribution in [3.05, 3.63) is 17.0 Å². The first kappa shape index (κ1) is 24.6. The van der Waals surface area contributed by atoms with Crippen LogP contribution in [0.1, 0.15) is 74.9 Å². The van der Waals surface area contributed by atoms with E-state index in [4.69, 9.17) is 14.6 Å². The molecule has 2 heterocycles. The fourth-order valence-corrected chi connectivity index (χ4v) is 5.39. The normalized spacial score (nSPS) is 21.2. The number of likely N-dealkylation sites (N-methyl/N-ethyl adjacent to an activating group) is 2. The second-order valence-electron chi connectivity index (χ2n) is 9.52. The number of aliphatic hydroxyl groups is 1. The minimum atomic E-state index is 0.142. The summed E-state index contributed by atoms with van der Waals surface area (Å²) in [5.41, 5.74) is 4.23. The van der Waals surface area contributed by atoms with Gasteiger partial charge in [-0.05, 0) is 72.4 Å². The molecule has 2 N–H and O–H groups in total. The van der Waals surface area contributed by atoms with E-state index in [9.17, 15) is 5.11 Å². The first-order valence-corrected chi connectivity index (χ1v) is 12.3. The van der Waals surface area contributed by atoms with Gasteiger partial charge in [-0.3, -0.25) is 9.58 Å². The molecule has 1 aliphatic carbocycles. The summed E-state index contributed by atoms with van der Waals surface area (Å²) in [6, 6.07) is 0.142. The lowest BCUT2D eigenvalue weighted by atomic mass is 9.69. The first-order valence-electron chi connectivity index (χ1n) is 12.3. The van der Waals surface area contributed by atoms with Crippen LogP contribution in [0.4, 0.5) is 0 Å². The molecular weight excluding hydrogens is 392 g/mol. The van der Waals surface area contributed by atoms with Gasteiger partial charge in [0.25, 0.3) is 0 Å². The second-order valence-corrected chi connectivity index (χ2v) is 9.52. The largest absolute Gasteiger partial charge is 0.394 e. The van der Waals surface area contributed by atoms with E-state index in [-0.39, 0.29) is 18.1 Å². The van der Waals surface area contributed by atoms with Gasteiger partial charge in [-0.15, -0.1) is 0 Å². The summed E-state index contributed by atoms with van der Waals surface area (Å²) >= 11 is 0. The number of rotatable bonds is 13. The summed E-state index contributed by atoms with van der Waals surface area (Å²) in [6.45, 7) is 10.3. The third kappa shape index (κ3) is 5.88. The Balaban J connectivity index is 1.78. The number of nitrogens with one attached hydrogen (secondary N) is 1. The molecule has 0 spiro atoms. The lowest BCUT2D eigenvalue weighted by Gasteiger charge is -2.40. The van der Waals surface area contributed by atoms with Crippen molar-refractivity contribution in [2.45, 2.75) is 70.9 Å². The quantitative estimate of drug-likeness (QED) is 0.495. The monoisotopic (exact) mass is 436 g/mol. The minimum Gasteiger partial charge on any atom is -0.394 e. The van der Waals surface area contributed by atoms with E-state index in [2.05, 4.69) is 35.8 Å². The minimum absolute atomic E-state index is 0.142. The summed E-state index contributed by atoms with van der Waals surface area (Å²) < 4.78 is 13.9. The zero-order valence-corrected chi connectivity index (χ0v) is 20.2. The van der Waals surface area contributed by atoms with Crippen LogP contribution in [-0.4, -0.2) is 80.0 Å². The molecule has 0 saturated heterocycles. The van der Waals surface area contributed by atoms with Crippen LogP contribution in [0.2, 0.25) is 0 Å². The zero-order chi connectivity index (χ0) is 22.3. The molecular formula is C24H44N4O3. The van der Waals surface area contributed by atoms with Crippen LogP contribution in [0.5, 0.6) is 0 Å². The maximum atomic E-state index is 9.85. The highest BCUT2D eigenvalue weighted by atomic mass is 16.5. The van der Waals surface area contributed by atoms with Crippen molar-refractivity contribution in [1.82, 2.24) is 20.0 Å². The van der Waals surface area contributed by atoms with E-state index < -0.39 is 0 Å². The third-order valence-electron chi connectivity index (χ3n) is 7.24. The van der Waals surface area contributed by atoms with Gasteiger partial charge in [0.15, 0.2) is 0 Å². The second kappa shape index (κ2) is 11.8. The van der Waals surface area contributed by atoms with Crippen molar-refractivity contribution in [2.24, 2.45) is 5.41 Å². The molecule has 3 rings (SSSR count). The standard InChI is InChI=1S/C24H44N4O3/c1-5-30-17-24(18-31-6-2)11-9-19(10-12-24)23-21(15-27(4)14-13-25-3)26-28-20(16-29)7-8-22(23)28/h19-20,25,29H,5-18H2,1-4H3. The predicted octanol–water partition coefficient (Wildman–Crippen LogP) is 2.73. The van der Waals surface area contributed by atoms with Gasteiger partial charge < -0.3 is 19.9 Å². The molecule has 2 aliphatic rings. The van der Waals surface area contributed by atoms with Crippen LogP contribution >= 0.6 is 0 Å². The Morgan fingerprint density at radius 1 is 1.16 bits per heavy atom. The zero-order valence-electron chi connectivity index (χ0n) is 20.2. The Bertz CT molecular complexity index is 660. The molecule has 0 radical (unpaired) electrons. The summed E-state index contributed by atoms with van der Waals surface area (Å²) in [4.78, 5) is 2.35. The summed E-state index contributed by atoms with van der Waals surface area (Å²) in [5.74, 6) is 0.547. The van der Waals surface area contributed by atoms with E-state index in [0.29, 0.717) is 5.92 Å². The molecule has 7 heteroatoms. The Morgan fingerprint density at radius 2 is 1.84 bits per heavy atom. The highest BCUT2D eigenvalue weighted by molar-refractivity contribution is 5.33. The highest BCUT2D eigenvalue weighted by Gasteiger charge is 2.39. The molecule has 178 valence electrons. The maximum Gasteiger partial charge on any atom is 0.0802 e. The summed E-state index contributed by atoms with van der Waals surface area (Å²) in [5, 5.41) is 18.1. The van der Waals surface area contributed by atoms with Gasteiger partial charge in [-0.2, -0.15) is 5.10 Å². The molecule has 1 aliphatic heterocycles. The van der Waals surface area contributed by atoms with Crippen molar-refractivity contribution in [1.29, 1.82) is 0 Å². The SMILES string of the molecule is CCOCC1(COCC)CCC(c2c(CN(C)CCNC)nn3c2CCC3CO)CC1. The number of ether oxygens (including phenoxy) is 2. The lowest BCUT2D eigenvalue weighted by molar-refractivity contribution is -0.0395. The van der Waals surface area contributed by atoms with Crippen LogP contribution in [0.25, 0.3) is 0 Å². The lowest BCUT2D eigenvalue weighted by Crippen LogP contribution is -2.36. The van der Waals surface area contributed by atoms with Crippen LogP contribution in [0.15, 0.2) is 0 Å². The van der Waals surface area contributed by atoms with Crippen LogP contribution < -0.4 is 5.32 Å². The van der Waals surface area contributed by atoms with Gasteiger partial charge in [0, 0.05) is 49.5 Å². The Morgan fingerprint density at radius 3 is 2.42 bits per heavy atom. The van der Waals surface area contributed by atoms with Crippen LogP contribution in [0.3, 0.4) is 0 Å². The topological polar surface area (TPSA) is 71.8 Å². The van der Waals surface area contributed by atoms with Crippen molar-refractivity contribution < 1.29 is 14.6 Å². The smallest absolute Gasteiger partial charge is 0.0802 e. The molecule has 0 amide bonds. The van der Waals surface area contributed by atoms with Crippen molar-refractivity contribution in [3.63, 3.8) is 0 Å². The van der Waals surface area contributed by atoms with Crippen LogP contribution in [-0.2, 0) is 22.4 Å². The number of hydrogen-bond donors (Lipinski definition) is 2. The van der Waals surface area contributed by atoms with E-state index in [1.807, 2.05) is 7.05 Å². The number of fused-ring (bicyclic) bond motifs is 1. The van der Waals surface area contributed by atoms with E-state index in [1.165, 1.54) is 17.0 Å². The van der Waals surface area contributed by atoms with Crippen molar-refractivity contribution >= 4 is 0 Å². The fourth-order valence-electron chi connectivity index (χ4n) is 5.39. The van der Waals surface area contributed by atoms with Crippen molar-refractivity contribution in [3.8, 4) is 0 Å². The number of aliphatic hydroxyl groups excluding tert-OH is 1. The summed E-state index contributed by atoms with van der Waals surface area (Å²) in [7, 11) is 4.17. The average molecular weight is 437 g/mol. The average Bonchev–Trinajstić information content (AvgIpc) is 3.34. The molecule has 1 fully saturated rings. The molecule has 31 heavy (non-hydrogen) atoms. The number of hydrogen-bond acceptors (Lipinski definition) is 6. The number of nitrogens with zero attached hydrogens (tertiary/aromatic N) is 3. The van der Waals surface area contributed by atoms with E-state index in [1.54, 1.807) is 0 Å². The molecule has 0 aromatic carbocycles. The van der Waals surface area contributed by atoms with Crippen molar-refractivity contribution in [2.75, 3.05) is 60.2 Å². The summed E-state index contributed by atoms with van der Waals surface area (Å²) in [6.07, 6.45) is 6.65. The Kier molecular flexibility index (Phi) is 9.34. The molecule has 1 atom stereocenters. The maximum absolute atomic E-state index is 9.85. The predicted molar refractivity (Wildman–Crippen MR) is 124 cm³/mol. The molecule has 7 nitrogen and oxygen atoms in total. The number of aromatic nitrogens is 2. The Hall–Kier alpha value is -0.990. The molecule has 1 aromatic heterocycles. The fraction of sp³-hybridized carbons (Fsp3) is 0.875. The van der Waals surface area contributed by atoms with Gasteiger partial charge in [0.2, 0.25) is 0 Å². The van der Waals surface area contributed by atoms with Gasteiger partial charge >= 0.3 is 0 Å². The van der Waals surface area contributed by atoms with E-state index in [0.717, 1.165) is 84.6 Å². The van der Waals surface area contributed by atoms with Gasteiger partial charge in [-0.25, -0.2) is 0 Å². The van der Waals surface area contributed by atoms with Gasteiger partial charge in [-0.1, -0.05) is 0 Å².